The molecule has 4 rings (SSSR count). The van der Waals surface area contributed by atoms with E-state index in [0.29, 0.717) is 59.3 Å². The minimum Gasteiger partial charge on any atom is -0.496 e. The fraction of sp³-hybridized carbons (Fsp3) is 0.286. The zero-order valence-corrected chi connectivity index (χ0v) is 21.8. The van der Waals surface area contributed by atoms with Crippen molar-refractivity contribution in [2.24, 2.45) is 0 Å². The van der Waals surface area contributed by atoms with Crippen molar-refractivity contribution in [2.45, 2.75) is 45.3 Å². The molecule has 0 unspecified atom stereocenters. The molecule has 2 aromatic carbocycles. The van der Waals surface area contributed by atoms with Crippen LogP contribution in [-0.2, 0) is 24.4 Å². The van der Waals surface area contributed by atoms with Gasteiger partial charge in [-0.05, 0) is 60.2 Å². The summed E-state index contributed by atoms with van der Waals surface area (Å²) in [6.07, 6.45) is 2.87. The standard InChI is InChI=1S/C28H28FN3O5S/c1-37-24-11-8-20(18-33)15-21(24)17-32-23-12-14-38-26(23)27(35)31(28(32)36)13-4-2-3-5-25(34)30-16-19-6-9-22(29)10-7-19/h6-12,14-15,18H,2-5,13,16-17H2,1H3,(H,30,34). The number of amides is 1. The summed E-state index contributed by atoms with van der Waals surface area (Å²) in [5.41, 5.74) is 1.71. The lowest BCUT2D eigenvalue weighted by Crippen LogP contribution is -2.39. The highest BCUT2D eigenvalue weighted by Crippen LogP contribution is 2.22. The number of thiophene rings is 1. The van der Waals surface area contributed by atoms with Crippen molar-refractivity contribution in [2.75, 3.05) is 7.11 Å². The Morgan fingerprint density at radius 1 is 1.05 bits per heavy atom. The van der Waals surface area contributed by atoms with E-state index in [4.69, 9.17) is 4.74 Å². The number of aromatic nitrogens is 2. The number of rotatable bonds is 12. The van der Waals surface area contributed by atoms with E-state index in [-0.39, 0.29) is 30.4 Å². The van der Waals surface area contributed by atoms with Gasteiger partial charge < -0.3 is 10.1 Å². The topological polar surface area (TPSA) is 99.4 Å². The number of benzene rings is 2. The minimum atomic E-state index is -0.434. The highest BCUT2D eigenvalue weighted by Gasteiger charge is 2.16. The van der Waals surface area contributed by atoms with Crippen molar-refractivity contribution in [3.8, 4) is 5.75 Å². The van der Waals surface area contributed by atoms with Crippen LogP contribution in [0.2, 0.25) is 0 Å². The second-order valence-electron chi connectivity index (χ2n) is 8.86. The first-order chi connectivity index (χ1) is 18.4. The Morgan fingerprint density at radius 3 is 2.58 bits per heavy atom. The van der Waals surface area contributed by atoms with Crippen molar-refractivity contribution in [3.63, 3.8) is 0 Å². The molecular formula is C28H28FN3O5S. The number of methoxy groups -OCH3 is 1. The quantitative estimate of drug-likeness (QED) is 0.217. The first-order valence-electron chi connectivity index (χ1n) is 12.3. The summed E-state index contributed by atoms with van der Waals surface area (Å²) in [5, 5.41) is 4.58. The Morgan fingerprint density at radius 2 is 1.84 bits per heavy atom. The van der Waals surface area contributed by atoms with Gasteiger partial charge in [-0.2, -0.15) is 0 Å². The van der Waals surface area contributed by atoms with E-state index >= 15 is 0 Å². The van der Waals surface area contributed by atoms with Crippen LogP contribution in [0.4, 0.5) is 4.39 Å². The first-order valence-corrected chi connectivity index (χ1v) is 13.1. The van der Waals surface area contributed by atoms with Crippen LogP contribution >= 0.6 is 11.3 Å². The van der Waals surface area contributed by atoms with Crippen molar-refractivity contribution >= 4 is 33.7 Å². The molecule has 0 aliphatic rings. The molecule has 2 aromatic heterocycles. The Kier molecular flexibility index (Phi) is 8.85. The summed E-state index contributed by atoms with van der Waals surface area (Å²) in [5.74, 6) is 0.109. The number of nitrogens with one attached hydrogen (secondary N) is 1. The second-order valence-corrected chi connectivity index (χ2v) is 9.78. The molecule has 1 amide bonds. The number of nitrogens with zero attached hydrogens (tertiary/aromatic N) is 2. The van der Waals surface area contributed by atoms with Crippen LogP contribution < -0.4 is 21.3 Å². The lowest BCUT2D eigenvalue weighted by atomic mass is 10.1. The summed E-state index contributed by atoms with van der Waals surface area (Å²) >= 11 is 1.28. The van der Waals surface area contributed by atoms with Crippen LogP contribution in [0.3, 0.4) is 0 Å². The molecule has 1 N–H and O–H groups in total. The lowest BCUT2D eigenvalue weighted by Gasteiger charge is -2.14. The highest BCUT2D eigenvalue weighted by atomic mass is 32.1. The molecule has 0 saturated carbocycles. The number of unbranched alkanes of at least 4 members (excludes halogenated alkanes) is 2. The summed E-state index contributed by atoms with van der Waals surface area (Å²) < 4.78 is 21.7. The van der Waals surface area contributed by atoms with Gasteiger partial charge in [-0.25, -0.2) is 9.18 Å². The van der Waals surface area contributed by atoms with Crippen molar-refractivity contribution < 1.29 is 18.7 Å². The fourth-order valence-electron chi connectivity index (χ4n) is 4.27. The van der Waals surface area contributed by atoms with Gasteiger partial charge in [-0.15, -0.1) is 11.3 Å². The summed E-state index contributed by atoms with van der Waals surface area (Å²) in [6, 6.07) is 12.7. The smallest absolute Gasteiger partial charge is 0.331 e. The van der Waals surface area contributed by atoms with Crippen LogP contribution in [0.15, 0.2) is 63.5 Å². The average Bonchev–Trinajstić information content (AvgIpc) is 3.42. The lowest BCUT2D eigenvalue weighted by molar-refractivity contribution is -0.121. The Balaban J connectivity index is 1.41. The normalized spacial score (nSPS) is 11.0. The van der Waals surface area contributed by atoms with Crippen LogP contribution in [-0.4, -0.2) is 28.4 Å². The third-order valence-electron chi connectivity index (χ3n) is 6.29. The zero-order valence-electron chi connectivity index (χ0n) is 20.9. The second kappa shape index (κ2) is 12.5. The molecule has 0 radical (unpaired) electrons. The Hall–Kier alpha value is -4.05. The van der Waals surface area contributed by atoms with Gasteiger partial charge in [-0.1, -0.05) is 18.6 Å². The maximum Gasteiger partial charge on any atom is 0.331 e. The number of hydrogen-bond donors (Lipinski definition) is 1. The predicted molar refractivity (Wildman–Crippen MR) is 145 cm³/mol. The SMILES string of the molecule is COc1ccc(C=O)cc1Cn1c(=O)n(CCCCCC(=O)NCc2ccc(F)cc2)c(=O)c2sccc21. The van der Waals surface area contributed by atoms with Gasteiger partial charge in [0.05, 0.1) is 19.2 Å². The molecule has 0 aliphatic heterocycles. The summed E-state index contributed by atoms with van der Waals surface area (Å²) in [4.78, 5) is 49.9. The van der Waals surface area contributed by atoms with Gasteiger partial charge >= 0.3 is 5.69 Å². The van der Waals surface area contributed by atoms with E-state index in [2.05, 4.69) is 5.32 Å². The van der Waals surface area contributed by atoms with Crippen LogP contribution in [0, 0.1) is 5.82 Å². The predicted octanol–water partition coefficient (Wildman–Crippen LogP) is 4.11. The third-order valence-corrected chi connectivity index (χ3v) is 7.19. The minimum absolute atomic E-state index is 0.111. The van der Waals surface area contributed by atoms with Crippen molar-refractivity contribution in [3.05, 3.63) is 97.3 Å². The van der Waals surface area contributed by atoms with Gasteiger partial charge in [0.2, 0.25) is 5.91 Å². The molecule has 10 heteroatoms. The highest BCUT2D eigenvalue weighted by molar-refractivity contribution is 7.17. The van der Waals surface area contributed by atoms with Gasteiger partial charge in [0.15, 0.2) is 0 Å². The van der Waals surface area contributed by atoms with Gasteiger partial charge in [0.1, 0.15) is 22.6 Å². The van der Waals surface area contributed by atoms with Crippen LogP contribution in [0.5, 0.6) is 5.75 Å². The number of carbonyl (C=O) groups is 2. The van der Waals surface area contributed by atoms with Gasteiger partial charge in [0, 0.05) is 30.6 Å². The molecule has 0 bridgehead atoms. The molecule has 4 aromatic rings. The zero-order chi connectivity index (χ0) is 27.1. The van der Waals surface area contributed by atoms with E-state index in [1.165, 1.54) is 39.7 Å². The monoisotopic (exact) mass is 537 g/mol. The number of halogens is 1. The van der Waals surface area contributed by atoms with E-state index in [1.54, 1.807) is 41.8 Å². The molecule has 198 valence electrons. The number of fused-ring (bicyclic) bond motifs is 1. The Bertz CT molecular complexity index is 1560. The van der Waals surface area contributed by atoms with E-state index in [9.17, 15) is 23.6 Å². The molecule has 0 spiro atoms. The molecule has 2 heterocycles. The van der Waals surface area contributed by atoms with Crippen molar-refractivity contribution in [1.82, 2.24) is 14.5 Å². The fourth-order valence-corrected chi connectivity index (χ4v) is 5.12. The van der Waals surface area contributed by atoms with Crippen LogP contribution in [0.1, 0.15) is 47.2 Å². The third kappa shape index (κ3) is 6.25. The maximum atomic E-state index is 13.4. The molecule has 38 heavy (non-hydrogen) atoms. The summed E-state index contributed by atoms with van der Waals surface area (Å²) in [6.45, 7) is 0.703. The largest absolute Gasteiger partial charge is 0.496 e. The number of aldehydes is 1. The number of hydrogen-bond acceptors (Lipinski definition) is 6. The van der Waals surface area contributed by atoms with Crippen molar-refractivity contribution in [1.29, 1.82) is 0 Å². The van der Waals surface area contributed by atoms with Gasteiger partial charge in [0.25, 0.3) is 5.56 Å². The maximum absolute atomic E-state index is 13.4. The number of carbonyl (C=O) groups excluding carboxylic acids is 2. The molecule has 8 nitrogen and oxygen atoms in total. The van der Waals surface area contributed by atoms with E-state index < -0.39 is 5.69 Å². The molecule has 0 atom stereocenters. The molecule has 0 saturated heterocycles. The van der Waals surface area contributed by atoms with Crippen LogP contribution in [0.25, 0.3) is 10.2 Å². The molecule has 0 aliphatic carbocycles. The summed E-state index contributed by atoms with van der Waals surface area (Å²) in [7, 11) is 1.52. The van der Waals surface area contributed by atoms with E-state index in [0.717, 1.165) is 11.8 Å². The Labute approximate surface area is 222 Å². The molecular weight excluding hydrogens is 509 g/mol. The molecule has 0 fully saturated rings. The van der Waals surface area contributed by atoms with E-state index in [1.807, 2.05) is 0 Å². The first kappa shape index (κ1) is 27.0. The van der Waals surface area contributed by atoms with Gasteiger partial charge in [-0.3, -0.25) is 23.5 Å². The number of ether oxygens (including phenoxy) is 1. The average molecular weight is 538 g/mol.